The number of carboxylic acids is 2. The van der Waals surface area contributed by atoms with Crippen molar-refractivity contribution in [2.24, 2.45) is 0 Å². The predicted octanol–water partition coefficient (Wildman–Crippen LogP) is -5.32. The molecule has 2 heterocycles. The fourth-order valence-electron chi connectivity index (χ4n) is 1.94. The zero-order valence-corrected chi connectivity index (χ0v) is 21.6. The molecule has 0 aliphatic rings. The molecule has 0 aliphatic heterocycles. The number of rotatable bonds is 9. The van der Waals surface area contributed by atoms with Gasteiger partial charge in [0.05, 0.1) is 33.3 Å². The molecule has 118 valence electrons. The SMILES string of the molecule is O=C([O-])c1csc(CCCCCCc2nc(C(=O)[O-])cs2)n1.[K+].[K+]. The molecule has 0 amide bonds. The van der Waals surface area contributed by atoms with Gasteiger partial charge in [-0.15, -0.1) is 22.7 Å². The number of unbranched alkanes of at least 4 members (excludes halogenated alkanes) is 3. The van der Waals surface area contributed by atoms with Gasteiger partial charge in [0, 0.05) is 10.8 Å². The summed E-state index contributed by atoms with van der Waals surface area (Å²) in [5, 5.41) is 25.8. The summed E-state index contributed by atoms with van der Waals surface area (Å²) in [5.74, 6) is -2.47. The Morgan fingerprint density at radius 2 is 1.17 bits per heavy atom. The van der Waals surface area contributed by atoms with Crippen LogP contribution in [0.2, 0.25) is 0 Å². The smallest absolute Gasteiger partial charge is 0.543 e. The van der Waals surface area contributed by atoms with Gasteiger partial charge in [-0.3, -0.25) is 0 Å². The third kappa shape index (κ3) is 8.91. The van der Waals surface area contributed by atoms with Crippen LogP contribution in [0.4, 0.5) is 0 Å². The van der Waals surface area contributed by atoms with E-state index in [4.69, 9.17) is 0 Å². The van der Waals surface area contributed by atoms with Crippen LogP contribution in [0.15, 0.2) is 10.8 Å². The Balaban J connectivity index is 0.00000264. The van der Waals surface area contributed by atoms with Gasteiger partial charge in [-0.05, 0) is 25.7 Å². The van der Waals surface area contributed by atoms with Gasteiger partial charge in [0.15, 0.2) is 0 Å². The topological polar surface area (TPSA) is 106 Å². The third-order valence-electron chi connectivity index (χ3n) is 3.05. The average Bonchev–Trinajstić information content (AvgIpc) is 3.12. The summed E-state index contributed by atoms with van der Waals surface area (Å²) in [6.07, 6.45) is 5.45. The summed E-state index contributed by atoms with van der Waals surface area (Å²) in [7, 11) is 0. The molecule has 0 atom stereocenters. The number of carbonyl (C=O) groups excluding carboxylic acids is 2. The number of carbonyl (C=O) groups is 2. The molecular weight excluding hydrogens is 402 g/mol. The van der Waals surface area contributed by atoms with Gasteiger partial charge in [-0.25, -0.2) is 9.97 Å². The van der Waals surface area contributed by atoms with Crippen LogP contribution >= 0.6 is 22.7 Å². The van der Waals surface area contributed by atoms with Crippen LogP contribution in [0.5, 0.6) is 0 Å². The third-order valence-corrected chi connectivity index (χ3v) is 4.87. The Hall–Kier alpha value is 1.47. The van der Waals surface area contributed by atoms with Crippen molar-refractivity contribution in [3.63, 3.8) is 0 Å². The van der Waals surface area contributed by atoms with Crippen LogP contribution in [-0.2, 0) is 12.8 Å². The molecule has 10 heteroatoms. The van der Waals surface area contributed by atoms with E-state index in [0.29, 0.717) is 0 Å². The molecule has 0 radical (unpaired) electrons. The van der Waals surface area contributed by atoms with Crippen molar-refractivity contribution >= 4 is 34.6 Å². The zero-order valence-electron chi connectivity index (χ0n) is 13.7. The Bertz CT molecular complexity index is 605. The van der Waals surface area contributed by atoms with E-state index in [2.05, 4.69) is 9.97 Å². The van der Waals surface area contributed by atoms with Crippen molar-refractivity contribution in [3.8, 4) is 0 Å². The summed E-state index contributed by atoms with van der Waals surface area (Å²) in [6, 6.07) is 0. The molecule has 2 rings (SSSR count). The monoisotopic (exact) mass is 416 g/mol. The molecule has 0 spiro atoms. The van der Waals surface area contributed by atoms with E-state index >= 15 is 0 Å². The second-order valence-corrected chi connectivity index (χ2v) is 6.63. The molecule has 2 aromatic heterocycles. The van der Waals surface area contributed by atoms with E-state index in [0.717, 1.165) is 48.5 Å². The van der Waals surface area contributed by atoms with Crippen LogP contribution < -0.4 is 113 Å². The molecule has 0 saturated heterocycles. The largest absolute Gasteiger partial charge is 1.00 e. The summed E-state index contributed by atoms with van der Waals surface area (Å²) < 4.78 is 0. The van der Waals surface area contributed by atoms with Crippen molar-refractivity contribution in [1.29, 1.82) is 0 Å². The van der Waals surface area contributed by atoms with Gasteiger partial charge >= 0.3 is 103 Å². The van der Waals surface area contributed by atoms with Crippen molar-refractivity contribution < 1.29 is 123 Å². The first-order chi connectivity index (χ1) is 10.6. The first-order valence-corrected chi connectivity index (χ1v) is 8.63. The van der Waals surface area contributed by atoms with E-state index < -0.39 is 11.9 Å². The molecule has 0 aromatic carbocycles. The van der Waals surface area contributed by atoms with Gasteiger partial charge in [0.2, 0.25) is 0 Å². The summed E-state index contributed by atoms with van der Waals surface area (Å²) in [6.45, 7) is 0. The predicted molar refractivity (Wildman–Crippen MR) is 78.8 cm³/mol. The number of hydrogen-bond acceptors (Lipinski definition) is 8. The van der Waals surface area contributed by atoms with E-state index in [-0.39, 0.29) is 114 Å². The molecule has 0 aliphatic carbocycles. The van der Waals surface area contributed by atoms with Crippen molar-refractivity contribution in [2.75, 3.05) is 0 Å². The van der Waals surface area contributed by atoms with E-state index in [9.17, 15) is 19.8 Å². The van der Waals surface area contributed by atoms with E-state index in [1.165, 1.54) is 33.4 Å². The second-order valence-electron chi connectivity index (χ2n) is 4.74. The number of aromatic nitrogens is 2. The molecule has 0 saturated carbocycles. The molecule has 6 nitrogen and oxygen atoms in total. The number of aryl methyl sites for hydroxylation is 2. The van der Waals surface area contributed by atoms with Crippen LogP contribution in [0, 0.1) is 0 Å². The molecular formula is C14H14K2N2O4S2. The average molecular weight is 417 g/mol. The van der Waals surface area contributed by atoms with Gasteiger partial charge in [-0.1, -0.05) is 12.8 Å². The first-order valence-electron chi connectivity index (χ1n) is 6.88. The molecule has 0 N–H and O–H groups in total. The van der Waals surface area contributed by atoms with Crippen LogP contribution in [0.3, 0.4) is 0 Å². The van der Waals surface area contributed by atoms with E-state index in [1.54, 1.807) is 0 Å². The fourth-order valence-corrected chi connectivity index (χ4v) is 3.56. The Labute approximate surface area is 233 Å². The maximum Gasteiger partial charge on any atom is 1.00 e. The summed E-state index contributed by atoms with van der Waals surface area (Å²) >= 11 is 2.68. The fraction of sp³-hybridized carbons (Fsp3) is 0.429. The summed E-state index contributed by atoms with van der Waals surface area (Å²) in [5.41, 5.74) is 0.0139. The molecule has 0 bridgehead atoms. The maximum atomic E-state index is 10.6. The molecule has 0 fully saturated rings. The minimum Gasteiger partial charge on any atom is -0.543 e. The quantitative estimate of drug-likeness (QED) is 0.299. The van der Waals surface area contributed by atoms with Gasteiger partial charge in [0.1, 0.15) is 0 Å². The number of aromatic carboxylic acids is 2. The van der Waals surface area contributed by atoms with Crippen LogP contribution in [0.1, 0.15) is 56.7 Å². The normalized spacial score (nSPS) is 9.83. The molecule has 24 heavy (non-hydrogen) atoms. The van der Waals surface area contributed by atoms with Gasteiger partial charge < -0.3 is 19.8 Å². The van der Waals surface area contributed by atoms with Crippen molar-refractivity contribution in [3.05, 3.63) is 32.2 Å². The van der Waals surface area contributed by atoms with Gasteiger partial charge in [0.25, 0.3) is 0 Å². The van der Waals surface area contributed by atoms with Crippen molar-refractivity contribution in [2.45, 2.75) is 38.5 Å². The summed E-state index contributed by atoms with van der Waals surface area (Å²) in [4.78, 5) is 29.2. The second kappa shape index (κ2) is 13.6. The number of nitrogens with zero attached hydrogens (tertiary/aromatic N) is 2. The van der Waals surface area contributed by atoms with Crippen molar-refractivity contribution in [1.82, 2.24) is 9.97 Å². The maximum absolute atomic E-state index is 10.6. The Morgan fingerprint density at radius 3 is 1.46 bits per heavy atom. The minimum atomic E-state index is -1.23. The Kier molecular flexibility index (Phi) is 14.4. The Morgan fingerprint density at radius 1 is 0.792 bits per heavy atom. The first kappa shape index (κ1) is 25.5. The molecule has 2 aromatic rings. The van der Waals surface area contributed by atoms with Crippen LogP contribution in [0.25, 0.3) is 0 Å². The van der Waals surface area contributed by atoms with Crippen LogP contribution in [-0.4, -0.2) is 21.9 Å². The van der Waals surface area contributed by atoms with Gasteiger partial charge in [-0.2, -0.15) is 0 Å². The minimum absolute atomic E-state index is 0. The molecule has 0 unspecified atom stereocenters. The zero-order chi connectivity index (χ0) is 15.9. The number of thiazole rings is 2. The number of hydrogen-bond donors (Lipinski definition) is 0. The van der Waals surface area contributed by atoms with E-state index in [1.807, 2.05) is 0 Å². The standard InChI is InChI=1S/C14H16N2O4S2.2K/c17-13(18)9-7-21-11(15-9)5-3-1-2-4-6-12-16-10(8-22-12)14(19)20;;/h7-8H,1-6H2,(H,17,18)(H,19,20);;/q;2*+1/p-2. The number of carboxylic acid groups (broad SMARTS) is 2.